The van der Waals surface area contributed by atoms with Crippen molar-refractivity contribution in [3.05, 3.63) is 53.6 Å². The van der Waals surface area contributed by atoms with Crippen molar-refractivity contribution < 1.29 is 0 Å². The summed E-state index contributed by atoms with van der Waals surface area (Å²) < 4.78 is 0. The lowest BCUT2D eigenvalue weighted by Crippen LogP contribution is -1.99. The lowest BCUT2D eigenvalue weighted by atomic mass is 9.92. The molecule has 3 aromatic rings. The molecule has 0 fully saturated rings. The fourth-order valence-electron chi connectivity index (χ4n) is 3.48. The third-order valence-corrected chi connectivity index (χ3v) is 6.02. The van der Waals surface area contributed by atoms with Crippen LogP contribution < -0.4 is 0 Å². The van der Waals surface area contributed by atoms with Gasteiger partial charge in [-0.1, -0.05) is 67.8 Å². The maximum Gasteiger partial charge on any atom is 0.0293 e. The first kappa shape index (κ1) is 17.7. The van der Waals surface area contributed by atoms with E-state index in [0.29, 0.717) is 0 Å². The number of fused-ring (bicyclic) bond motifs is 2. The summed E-state index contributed by atoms with van der Waals surface area (Å²) in [7, 11) is 1.63. The van der Waals surface area contributed by atoms with Gasteiger partial charge in [0.15, 0.2) is 0 Å². The van der Waals surface area contributed by atoms with Crippen LogP contribution >= 0.6 is 22.5 Å². The molecule has 2 heteroatoms. The smallest absolute Gasteiger partial charge is 0.0293 e. The monoisotopic (exact) mass is 354 g/mol. The highest BCUT2D eigenvalue weighted by atomic mass is 33.1. The summed E-state index contributed by atoms with van der Waals surface area (Å²) in [6.45, 7) is 4.54. The minimum absolute atomic E-state index is 1.17. The van der Waals surface area contributed by atoms with Gasteiger partial charge in [0.1, 0.15) is 0 Å². The van der Waals surface area contributed by atoms with Crippen molar-refractivity contribution in [3.8, 4) is 0 Å². The molecule has 0 heterocycles. The predicted molar refractivity (Wildman–Crippen MR) is 114 cm³/mol. The first-order valence-electron chi connectivity index (χ1n) is 9.07. The van der Waals surface area contributed by atoms with Crippen LogP contribution in [0, 0.1) is 0 Å². The van der Waals surface area contributed by atoms with Gasteiger partial charge in [0.25, 0.3) is 0 Å². The highest BCUT2D eigenvalue weighted by Gasteiger charge is 2.14. The minimum Gasteiger partial charge on any atom is -0.106 e. The molecule has 0 aliphatic carbocycles. The van der Waals surface area contributed by atoms with Crippen LogP contribution in [0.3, 0.4) is 0 Å². The normalized spacial score (nSPS) is 11.5. The van der Waals surface area contributed by atoms with Crippen molar-refractivity contribution in [1.29, 1.82) is 0 Å². The van der Waals surface area contributed by atoms with E-state index >= 15 is 0 Å². The second-order valence-electron chi connectivity index (χ2n) is 6.56. The average Bonchev–Trinajstić information content (AvgIpc) is 2.62. The second-order valence-corrected chi connectivity index (χ2v) is 7.70. The Hall–Kier alpha value is -1.12. The van der Waals surface area contributed by atoms with Crippen LogP contribution in [0.25, 0.3) is 21.5 Å². The summed E-state index contributed by atoms with van der Waals surface area (Å²) in [5.74, 6) is 0. The van der Waals surface area contributed by atoms with Crippen LogP contribution in [0.2, 0.25) is 0 Å². The Morgan fingerprint density at radius 3 is 2.17 bits per heavy atom. The molecule has 0 saturated carbocycles. The Kier molecular flexibility index (Phi) is 6.13. The molecule has 0 aromatic heterocycles. The summed E-state index contributed by atoms with van der Waals surface area (Å²) in [5, 5.41) is 5.36. The molecule has 0 bridgehead atoms. The third kappa shape index (κ3) is 3.60. The van der Waals surface area contributed by atoms with Gasteiger partial charge in [-0.25, -0.2) is 0 Å². The lowest BCUT2D eigenvalue weighted by molar-refractivity contribution is 0.751. The van der Waals surface area contributed by atoms with Crippen molar-refractivity contribution in [2.75, 3.05) is 0 Å². The zero-order chi connectivity index (χ0) is 16.9. The van der Waals surface area contributed by atoms with E-state index in [0.717, 1.165) is 0 Å². The number of rotatable bonds is 7. The maximum absolute atomic E-state index is 4.63. The van der Waals surface area contributed by atoms with E-state index in [-0.39, 0.29) is 0 Å². The van der Waals surface area contributed by atoms with Crippen LogP contribution in [-0.4, -0.2) is 0 Å². The van der Waals surface area contributed by atoms with E-state index < -0.39 is 0 Å². The summed E-state index contributed by atoms with van der Waals surface area (Å²) in [6.07, 6.45) is 7.33. The van der Waals surface area contributed by atoms with Crippen LogP contribution in [0.5, 0.6) is 0 Å². The van der Waals surface area contributed by atoms with Crippen molar-refractivity contribution >= 4 is 44.0 Å². The van der Waals surface area contributed by atoms with Gasteiger partial charge in [0, 0.05) is 4.90 Å². The van der Waals surface area contributed by atoms with E-state index in [2.05, 4.69) is 68.0 Å². The summed E-state index contributed by atoms with van der Waals surface area (Å²) in [5.41, 5.74) is 3.07. The molecule has 0 saturated heterocycles. The summed E-state index contributed by atoms with van der Waals surface area (Å²) in [4.78, 5) is 1.38. The van der Waals surface area contributed by atoms with E-state index in [1.54, 1.807) is 10.8 Å². The van der Waals surface area contributed by atoms with Gasteiger partial charge in [0.2, 0.25) is 0 Å². The first-order chi connectivity index (χ1) is 11.8. The van der Waals surface area contributed by atoms with E-state index in [9.17, 15) is 0 Å². The molecule has 0 unspecified atom stereocenters. The van der Waals surface area contributed by atoms with Gasteiger partial charge in [-0.05, 0) is 70.5 Å². The molecule has 0 amide bonds. The van der Waals surface area contributed by atoms with Gasteiger partial charge in [-0.15, -0.1) is 11.7 Å². The molecule has 0 spiro atoms. The van der Waals surface area contributed by atoms with E-state index in [1.807, 2.05) is 0 Å². The minimum atomic E-state index is 1.17. The number of hydrogen-bond acceptors (Lipinski definition) is 2. The molecule has 0 aliphatic rings. The number of aryl methyl sites for hydroxylation is 1. The SMILES string of the molecule is CCCCc1cc2cc3ccccc3cc2c(SS)c1CCCC. The lowest BCUT2D eigenvalue weighted by Gasteiger charge is -2.17. The van der Waals surface area contributed by atoms with Gasteiger partial charge in [0.05, 0.1) is 0 Å². The van der Waals surface area contributed by atoms with Crippen LogP contribution in [0.1, 0.15) is 50.7 Å². The highest BCUT2D eigenvalue weighted by molar-refractivity contribution is 8.68. The first-order valence-corrected chi connectivity index (χ1v) is 10.9. The fourth-order valence-corrected chi connectivity index (χ4v) is 4.72. The van der Waals surface area contributed by atoms with Crippen molar-refractivity contribution in [2.45, 2.75) is 57.3 Å². The Bertz CT molecular complexity index is 836. The topological polar surface area (TPSA) is 0 Å². The van der Waals surface area contributed by atoms with Crippen LogP contribution in [0.15, 0.2) is 47.4 Å². The van der Waals surface area contributed by atoms with Gasteiger partial charge in [-0.3, -0.25) is 0 Å². The summed E-state index contributed by atoms with van der Waals surface area (Å²) >= 11 is 4.63. The molecule has 0 radical (unpaired) electrons. The van der Waals surface area contributed by atoms with Gasteiger partial charge >= 0.3 is 0 Å². The molecule has 0 atom stereocenters. The molecule has 3 rings (SSSR count). The maximum atomic E-state index is 4.63. The molecule has 3 aromatic carbocycles. The molecule has 126 valence electrons. The quantitative estimate of drug-likeness (QED) is 0.259. The van der Waals surface area contributed by atoms with Crippen molar-refractivity contribution in [3.63, 3.8) is 0 Å². The largest absolute Gasteiger partial charge is 0.106 e. The molecule has 0 aliphatic heterocycles. The van der Waals surface area contributed by atoms with Crippen molar-refractivity contribution in [2.24, 2.45) is 0 Å². The molecular weight excluding hydrogens is 328 g/mol. The highest BCUT2D eigenvalue weighted by Crippen LogP contribution is 2.39. The van der Waals surface area contributed by atoms with Crippen molar-refractivity contribution in [1.82, 2.24) is 0 Å². The fraction of sp³-hybridized carbons (Fsp3) is 0.364. The third-order valence-electron chi connectivity index (χ3n) is 4.83. The zero-order valence-corrected chi connectivity index (χ0v) is 16.4. The number of hydrogen-bond donors (Lipinski definition) is 1. The Balaban J connectivity index is 2.24. The van der Waals surface area contributed by atoms with Crippen LogP contribution in [-0.2, 0) is 12.8 Å². The average molecular weight is 355 g/mol. The number of benzene rings is 3. The predicted octanol–water partition coefficient (Wildman–Crippen LogP) is 7.62. The van der Waals surface area contributed by atoms with Gasteiger partial charge in [-0.2, -0.15) is 0 Å². The number of unbranched alkanes of at least 4 members (excludes halogenated alkanes) is 2. The summed E-state index contributed by atoms with van der Waals surface area (Å²) in [6, 6.07) is 15.8. The second kappa shape index (κ2) is 8.31. The molecular formula is C22H26S2. The Labute approximate surface area is 154 Å². The van der Waals surface area contributed by atoms with E-state index in [1.165, 1.54) is 76.1 Å². The number of thiol groups is 1. The van der Waals surface area contributed by atoms with Gasteiger partial charge < -0.3 is 0 Å². The molecule has 0 N–H and O–H groups in total. The Morgan fingerprint density at radius 2 is 1.50 bits per heavy atom. The standard InChI is InChI=1S/C22H26S2/c1-3-5-9-18-14-19-13-16-10-7-8-11-17(16)15-21(19)22(24-23)20(18)12-6-4-2/h7-8,10-11,13-15,23H,3-6,9,12H2,1-2H3. The molecule has 0 nitrogen and oxygen atoms in total. The molecule has 24 heavy (non-hydrogen) atoms. The van der Waals surface area contributed by atoms with E-state index in [4.69, 9.17) is 0 Å². The van der Waals surface area contributed by atoms with Crippen LogP contribution in [0.4, 0.5) is 0 Å². The Morgan fingerprint density at radius 1 is 0.833 bits per heavy atom. The zero-order valence-electron chi connectivity index (χ0n) is 14.6.